The van der Waals surface area contributed by atoms with Crippen LogP contribution < -0.4 is 0 Å². The van der Waals surface area contributed by atoms with Crippen molar-refractivity contribution in [3.8, 4) is 11.4 Å². The van der Waals surface area contributed by atoms with Crippen LogP contribution in [0.15, 0.2) is 52.1 Å². The fraction of sp³-hybridized carbons (Fsp3) is 0.200. The molecular weight excluding hydrogens is 366 g/mol. The van der Waals surface area contributed by atoms with E-state index in [1.807, 2.05) is 42.3 Å². The number of hydrogen-bond acceptors (Lipinski definition) is 6. The molecule has 0 saturated carbocycles. The maximum atomic E-state index is 13.9. The zero-order valence-corrected chi connectivity index (χ0v) is 15.0. The van der Waals surface area contributed by atoms with Crippen molar-refractivity contribution in [3.63, 3.8) is 0 Å². The van der Waals surface area contributed by atoms with Gasteiger partial charge in [0.1, 0.15) is 17.3 Å². The van der Waals surface area contributed by atoms with E-state index in [1.54, 1.807) is 0 Å². The lowest BCUT2D eigenvalue weighted by Crippen LogP contribution is -2.18. The minimum atomic E-state index is -0.976. The van der Waals surface area contributed by atoms with Crippen LogP contribution in [0.4, 0.5) is 8.78 Å². The third-order valence-corrected chi connectivity index (χ3v) is 4.63. The van der Waals surface area contributed by atoms with Gasteiger partial charge in [0.05, 0.1) is 11.6 Å². The van der Waals surface area contributed by atoms with Gasteiger partial charge in [-0.1, -0.05) is 35.5 Å². The molecule has 4 rings (SSSR count). The normalized spacial score (nSPS) is 16.3. The molecule has 2 aromatic carbocycles. The minimum absolute atomic E-state index is 0.0270. The molecule has 0 bridgehead atoms. The molecule has 8 heteroatoms. The smallest absolute Gasteiger partial charge is 0.274 e. The summed E-state index contributed by atoms with van der Waals surface area (Å²) < 4.78 is 33.0. The maximum Gasteiger partial charge on any atom is 0.274 e. The summed E-state index contributed by atoms with van der Waals surface area (Å²) in [5.74, 6) is -1.72. The van der Waals surface area contributed by atoms with Gasteiger partial charge in [-0.3, -0.25) is 9.80 Å². The lowest BCUT2D eigenvalue weighted by atomic mass is 10.0. The van der Waals surface area contributed by atoms with Crippen molar-refractivity contribution in [2.24, 2.45) is 5.10 Å². The van der Waals surface area contributed by atoms with Crippen LogP contribution in [0.25, 0.3) is 11.4 Å². The molecule has 1 unspecified atom stereocenters. The number of halogens is 2. The second-order valence-corrected chi connectivity index (χ2v) is 6.33. The van der Waals surface area contributed by atoms with Crippen LogP contribution in [0.1, 0.15) is 41.2 Å². The zero-order chi connectivity index (χ0) is 19.7. The third-order valence-electron chi connectivity index (χ3n) is 4.63. The number of hydrazone groups is 1. The SMILES string of the molecule is CCN1N=C(c2nc(-c3cc(F)c(C=O)c(F)c3)no2)CC1c1ccccc1. The van der Waals surface area contributed by atoms with E-state index in [-0.39, 0.29) is 29.6 Å². The van der Waals surface area contributed by atoms with Gasteiger partial charge in [0.25, 0.3) is 5.89 Å². The van der Waals surface area contributed by atoms with Crippen LogP contribution in [-0.2, 0) is 0 Å². The van der Waals surface area contributed by atoms with E-state index in [0.717, 1.165) is 17.7 Å². The average Bonchev–Trinajstić information content (AvgIpc) is 3.35. The predicted molar refractivity (Wildman–Crippen MR) is 97.8 cm³/mol. The molecule has 1 aliphatic rings. The molecule has 0 amide bonds. The lowest BCUT2D eigenvalue weighted by molar-refractivity contribution is 0.111. The van der Waals surface area contributed by atoms with Crippen LogP contribution in [0.3, 0.4) is 0 Å². The largest absolute Gasteiger partial charge is 0.332 e. The molecule has 0 fully saturated rings. The number of aldehydes is 1. The monoisotopic (exact) mass is 382 g/mol. The van der Waals surface area contributed by atoms with Gasteiger partial charge in [0.2, 0.25) is 5.82 Å². The van der Waals surface area contributed by atoms with Gasteiger partial charge in [-0.15, -0.1) is 0 Å². The molecule has 6 nitrogen and oxygen atoms in total. The molecule has 1 atom stereocenters. The van der Waals surface area contributed by atoms with E-state index in [0.29, 0.717) is 18.7 Å². The van der Waals surface area contributed by atoms with Crippen molar-refractivity contribution in [1.29, 1.82) is 0 Å². The number of benzene rings is 2. The first-order valence-electron chi connectivity index (χ1n) is 8.78. The van der Waals surface area contributed by atoms with Gasteiger partial charge in [0, 0.05) is 18.5 Å². The summed E-state index contributed by atoms with van der Waals surface area (Å²) in [6.07, 6.45) is 0.707. The minimum Gasteiger partial charge on any atom is -0.332 e. The third kappa shape index (κ3) is 3.17. The fourth-order valence-electron chi connectivity index (χ4n) is 3.22. The first-order valence-corrected chi connectivity index (χ1v) is 8.78. The Hall–Kier alpha value is -3.42. The molecule has 0 aliphatic carbocycles. The molecule has 28 heavy (non-hydrogen) atoms. The number of nitrogens with zero attached hydrogens (tertiary/aromatic N) is 4. The van der Waals surface area contributed by atoms with E-state index < -0.39 is 17.2 Å². The van der Waals surface area contributed by atoms with Crippen molar-refractivity contribution in [2.75, 3.05) is 6.54 Å². The van der Waals surface area contributed by atoms with E-state index in [4.69, 9.17) is 4.52 Å². The average molecular weight is 382 g/mol. The van der Waals surface area contributed by atoms with E-state index >= 15 is 0 Å². The van der Waals surface area contributed by atoms with E-state index in [1.165, 1.54) is 0 Å². The Balaban J connectivity index is 1.62. The van der Waals surface area contributed by atoms with Gasteiger partial charge < -0.3 is 4.52 Å². The van der Waals surface area contributed by atoms with Gasteiger partial charge in [-0.05, 0) is 24.6 Å². The highest BCUT2D eigenvalue weighted by atomic mass is 19.1. The molecule has 142 valence electrons. The first-order chi connectivity index (χ1) is 13.6. The highest BCUT2D eigenvalue weighted by Gasteiger charge is 2.30. The van der Waals surface area contributed by atoms with Crippen molar-refractivity contribution < 1.29 is 18.1 Å². The lowest BCUT2D eigenvalue weighted by Gasteiger charge is -2.21. The molecule has 1 aromatic heterocycles. The highest BCUT2D eigenvalue weighted by Crippen LogP contribution is 2.32. The maximum absolute atomic E-state index is 13.9. The van der Waals surface area contributed by atoms with Gasteiger partial charge >= 0.3 is 0 Å². The molecule has 3 aromatic rings. The Morgan fingerprint density at radius 3 is 2.57 bits per heavy atom. The molecule has 0 radical (unpaired) electrons. The van der Waals surface area contributed by atoms with Crippen LogP contribution in [0.5, 0.6) is 0 Å². The predicted octanol–water partition coefficient (Wildman–Crippen LogP) is 4.00. The van der Waals surface area contributed by atoms with Crippen LogP contribution in [0.2, 0.25) is 0 Å². The van der Waals surface area contributed by atoms with E-state index in [2.05, 4.69) is 15.2 Å². The molecule has 0 N–H and O–H groups in total. The summed E-state index contributed by atoms with van der Waals surface area (Å²) in [6.45, 7) is 2.70. The zero-order valence-electron chi connectivity index (χ0n) is 15.0. The molecular formula is C20H16F2N4O2. The molecule has 2 heterocycles. The Kier molecular flexibility index (Phi) is 4.68. The Morgan fingerprint density at radius 2 is 1.93 bits per heavy atom. The summed E-state index contributed by atoms with van der Waals surface area (Å²) in [5.41, 5.74) is 1.19. The van der Waals surface area contributed by atoms with Crippen LogP contribution >= 0.6 is 0 Å². The fourth-order valence-corrected chi connectivity index (χ4v) is 3.22. The van der Waals surface area contributed by atoms with Gasteiger partial charge in [0.15, 0.2) is 6.29 Å². The second-order valence-electron chi connectivity index (χ2n) is 6.33. The summed E-state index contributed by atoms with van der Waals surface area (Å²) in [7, 11) is 0. The van der Waals surface area contributed by atoms with Crippen LogP contribution in [-0.4, -0.2) is 33.7 Å². The number of carbonyl (C=O) groups is 1. The number of hydrogen-bond donors (Lipinski definition) is 0. The van der Waals surface area contributed by atoms with Crippen molar-refractivity contribution in [3.05, 3.63) is 71.1 Å². The standard InChI is InChI=1S/C20H16F2N4O2/c1-2-26-18(12-6-4-3-5-7-12)10-17(24-26)20-23-19(25-28-20)13-8-15(21)14(11-27)16(22)9-13/h3-9,11,18H,2,10H2,1H3. The summed E-state index contributed by atoms with van der Waals surface area (Å²) in [6, 6.07) is 12.0. The van der Waals surface area contributed by atoms with Crippen molar-refractivity contribution >= 4 is 12.0 Å². The van der Waals surface area contributed by atoms with Crippen molar-refractivity contribution in [2.45, 2.75) is 19.4 Å². The Morgan fingerprint density at radius 1 is 1.21 bits per heavy atom. The summed E-state index contributed by atoms with van der Waals surface area (Å²) >= 11 is 0. The second kappa shape index (κ2) is 7.30. The number of aromatic nitrogens is 2. The molecule has 1 aliphatic heterocycles. The van der Waals surface area contributed by atoms with Gasteiger partial charge in [-0.2, -0.15) is 10.1 Å². The van der Waals surface area contributed by atoms with Crippen molar-refractivity contribution in [1.82, 2.24) is 15.1 Å². The topological polar surface area (TPSA) is 71.6 Å². The Bertz CT molecular complexity index is 1030. The molecule has 0 spiro atoms. The number of carbonyl (C=O) groups excluding carboxylic acids is 1. The van der Waals surface area contributed by atoms with Crippen LogP contribution in [0, 0.1) is 11.6 Å². The van der Waals surface area contributed by atoms with Gasteiger partial charge in [-0.25, -0.2) is 8.78 Å². The summed E-state index contributed by atoms with van der Waals surface area (Å²) in [5, 5.41) is 10.3. The summed E-state index contributed by atoms with van der Waals surface area (Å²) in [4.78, 5) is 15.0. The Labute approximate surface area is 159 Å². The quantitative estimate of drug-likeness (QED) is 0.624. The number of rotatable bonds is 5. The van der Waals surface area contributed by atoms with E-state index in [9.17, 15) is 13.6 Å². The first kappa shape index (κ1) is 18.0. The highest BCUT2D eigenvalue weighted by molar-refractivity contribution is 5.98. The molecule has 0 saturated heterocycles.